The van der Waals surface area contributed by atoms with E-state index in [1.54, 1.807) is 17.0 Å². The van der Waals surface area contributed by atoms with Crippen molar-refractivity contribution >= 4 is 17.5 Å². The van der Waals surface area contributed by atoms with Crippen molar-refractivity contribution in [1.82, 2.24) is 4.90 Å². The molecule has 1 fully saturated rings. The number of carbonyl (C=O) groups excluding carboxylic acids is 1. The zero-order valence-electron chi connectivity index (χ0n) is 10.3. The number of hydrogen-bond donors (Lipinski definition) is 0. The van der Waals surface area contributed by atoms with E-state index < -0.39 is 0 Å². The molecule has 0 N–H and O–H groups in total. The standard InChI is InChI=1S/C13H16ClNO3/c1-10-2-3-11(14)8-12(10)18-9-13(16)15-4-6-17-7-5-15/h2-3,8H,4-7,9H2,1H3. The van der Waals surface area contributed by atoms with Crippen molar-refractivity contribution in [3.05, 3.63) is 28.8 Å². The van der Waals surface area contributed by atoms with Crippen LogP contribution in [0, 0.1) is 6.92 Å². The van der Waals surface area contributed by atoms with E-state index in [-0.39, 0.29) is 12.5 Å². The minimum absolute atomic E-state index is 0.0160. The number of ether oxygens (including phenoxy) is 2. The molecule has 1 aromatic carbocycles. The fourth-order valence-corrected chi connectivity index (χ4v) is 1.94. The van der Waals surface area contributed by atoms with Crippen LogP contribution in [0.5, 0.6) is 5.75 Å². The van der Waals surface area contributed by atoms with E-state index in [1.165, 1.54) is 0 Å². The molecule has 5 heteroatoms. The van der Waals surface area contributed by atoms with Gasteiger partial charge in [0.15, 0.2) is 6.61 Å². The van der Waals surface area contributed by atoms with Gasteiger partial charge in [-0.3, -0.25) is 4.79 Å². The second kappa shape index (κ2) is 6.07. The Hall–Kier alpha value is -1.26. The molecule has 1 heterocycles. The number of halogens is 1. The van der Waals surface area contributed by atoms with Crippen LogP contribution < -0.4 is 4.74 Å². The van der Waals surface area contributed by atoms with E-state index in [2.05, 4.69) is 0 Å². The van der Waals surface area contributed by atoms with E-state index in [9.17, 15) is 4.79 Å². The minimum Gasteiger partial charge on any atom is -0.483 e. The maximum absolute atomic E-state index is 11.9. The number of nitrogens with zero attached hydrogens (tertiary/aromatic N) is 1. The number of carbonyl (C=O) groups is 1. The first-order valence-corrected chi connectivity index (χ1v) is 6.29. The quantitative estimate of drug-likeness (QED) is 0.841. The van der Waals surface area contributed by atoms with Crippen LogP contribution in [0.4, 0.5) is 0 Å². The van der Waals surface area contributed by atoms with Crippen molar-refractivity contribution in [2.45, 2.75) is 6.92 Å². The lowest BCUT2D eigenvalue weighted by Gasteiger charge is -2.26. The highest BCUT2D eigenvalue weighted by atomic mass is 35.5. The lowest BCUT2D eigenvalue weighted by atomic mass is 10.2. The molecule has 0 aliphatic carbocycles. The lowest BCUT2D eigenvalue weighted by molar-refractivity contribution is -0.137. The molecule has 0 aromatic heterocycles. The van der Waals surface area contributed by atoms with Crippen LogP contribution in [0.3, 0.4) is 0 Å². The van der Waals surface area contributed by atoms with Gasteiger partial charge in [0.05, 0.1) is 13.2 Å². The summed E-state index contributed by atoms with van der Waals surface area (Å²) >= 11 is 5.89. The Bertz CT molecular complexity index is 430. The topological polar surface area (TPSA) is 38.8 Å². The largest absolute Gasteiger partial charge is 0.483 e. The first kappa shape index (κ1) is 13.2. The molecule has 1 aromatic rings. The summed E-state index contributed by atoms with van der Waals surface area (Å²) < 4.78 is 10.7. The summed E-state index contributed by atoms with van der Waals surface area (Å²) in [4.78, 5) is 13.6. The first-order chi connectivity index (χ1) is 8.66. The molecular formula is C13H16ClNO3. The van der Waals surface area contributed by atoms with Crippen LogP contribution in [0.15, 0.2) is 18.2 Å². The van der Waals surface area contributed by atoms with Gasteiger partial charge in [0.2, 0.25) is 0 Å². The van der Waals surface area contributed by atoms with Gasteiger partial charge in [-0.1, -0.05) is 17.7 Å². The highest BCUT2D eigenvalue weighted by molar-refractivity contribution is 6.30. The summed E-state index contributed by atoms with van der Waals surface area (Å²) in [5.74, 6) is 0.641. The van der Waals surface area contributed by atoms with E-state index >= 15 is 0 Å². The van der Waals surface area contributed by atoms with Gasteiger partial charge in [-0.25, -0.2) is 0 Å². The van der Waals surface area contributed by atoms with Crippen LogP contribution in [-0.2, 0) is 9.53 Å². The molecule has 0 spiro atoms. The molecule has 0 radical (unpaired) electrons. The fraction of sp³-hybridized carbons (Fsp3) is 0.462. The number of hydrogen-bond acceptors (Lipinski definition) is 3. The summed E-state index contributed by atoms with van der Waals surface area (Å²) in [5, 5.41) is 0.606. The molecule has 0 saturated carbocycles. The second-order valence-electron chi connectivity index (χ2n) is 4.19. The Labute approximate surface area is 111 Å². The molecule has 18 heavy (non-hydrogen) atoms. The molecule has 4 nitrogen and oxygen atoms in total. The maximum Gasteiger partial charge on any atom is 0.260 e. The Balaban J connectivity index is 1.90. The number of rotatable bonds is 3. The van der Waals surface area contributed by atoms with Crippen LogP contribution in [0.1, 0.15) is 5.56 Å². The molecular weight excluding hydrogens is 254 g/mol. The van der Waals surface area contributed by atoms with Crippen LogP contribution in [0.2, 0.25) is 5.02 Å². The predicted molar refractivity (Wildman–Crippen MR) is 69.1 cm³/mol. The van der Waals surface area contributed by atoms with Gasteiger partial charge in [0, 0.05) is 18.1 Å². The van der Waals surface area contributed by atoms with E-state index in [0.29, 0.717) is 37.1 Å². The average Bonchev–Trinajstić information content (AvgIpc) is 2.40. The molecule has 0 bridgehead atoms. The summed E-state index contributed by atoms with van der Waals surface area (Å²) in [6, 6.07) is 5.40. The smallest absolute Gasteiger partial charge is 0.260 e. The summed E-state index contributed by atoms with van der Waals surface area (Å²) in [6.45, 7) is 4.43. The monoisotopic (exact) mass is 269 g/mol. The highest BCUT2D eigenvalue weighted by Crippen LogP contribution is 2.22. The van der Waals surface area contributed by atoms with Crippen molar-refractivity contribution in [3.63, 3.8) is 0 Å². The van der Waals surface area contributed by atoms with Crippen LogP contribution in [-0.4, -0.2) is 43.7 Å². The Morgan fingerprint density at radius 2 is 2.17 bits per heavy atom. The van der Waals surface area contributed by atoms with Gasteiger partial charge in [-0.15, -0.1) is 0 Å². The molecule has 0 unspecified atom stereocenters. The number of aryl methyl sites for hydroxylation is 1. The lowest BCUT2D eigenvalue weighted by Crippen LogP contribution is -2.43. The van der Waals surface area contributed by atoms with Gasteiger partial charge in [-0.2, -0.15) is 0 Å². The summed E-state index contributed by atoms with van der Waals surface area (Å²) in [7, 11) is 0. The Morgan fingerprint density at radius 3 is 2.89 bits per heavy atom. The normalized spacial score (nSPS) is 15.6. The third-order valence-corrected chi connectivity index (χ3v) is 3.10. The SMILES string of the molecule is Cc1ccc(Cl)cc1OCC(=O)N1CCOCC1. The number of amides is 1. The van der Waals surface area contributed by atoms with Gasteiger partial charge in [0.25, 0.3) is 5.91 Å². The first-order valence-electron chi connectivity index (χ1n) is 5.91. The number of morpholine rings is 1. The maximum atomic E-state index is 11.9. The van der Waals surface area contributed by atoms with Crippen molar-refractivity contribution < 1.29 is 14.3 Å². The van der Waals surface area contributed by atoms with E-state index in [0.717, 1.165) is 5.56 Å². The minimum atomic E-state index is -0.0160. The fourth-order valence-electron chi connectivity index (χ4n) is 1.77. The zero-order valence-corrected chi connectivity index (χ0v) is 11.1. The average molecular weight is 270 g/mol. The van der Waals surface area contributed by atoms with E-state index in [4.69, 9.17) is 21.1 Å². The summed E-state index contributed by atoms with van der Waals surface area (Å²) in [6.07, 6.45) is 0. The summed E-state index contributed by atoms with van der Waals surface area (Å²) in [5.41, 5.74) is 0.967. The van der Waals surface area contributed by atoms with Crippen LogP contribution in [0.25, 0.3) is 0 Å². The van der Waals surface area contributed by atoms with Gasteiger partial charge in [0.1, 0.15) is 5.75 Å². The molecule has 1 amide bonds. The third kappa shape index (κ3) is 3.37. The van der Waals surface area contributed by atoms with Crippen molar-refractivity contribution in [2.24, 2.45) is 0 Å². The molecule has 0 atom stereocenters. The van der Waals surface area contributed by atoms with Gasteiger partial charge in [-0.05, 0) is 24.6 Å². The van der Waals surface area contributed by atoms with E-state index in [1.807, 2.05) is 13.0 Å². The van der Waals surface area contributed by atoms with Crippen molar-refractivity contribution in [2.75, 3.05) is 32.9 Å². The van der Waals surface area contributed by atoms with Crippen molar-refractivity contribution in [3.8, 4) is 5.75 Å². The Morgan fingerprint density at radius 1 is 1.44 bits per heavy atom. The zero-order chi connectivity index (χ0) is 13.0. The highest BCUT2D eigenvalue weighted by Gasteiger charge is 2.17. The molecule has 98 valence electrons. The molecule has 1 saturated heterocycles. The predicted octanol–water partition coefficient (Wildman–Crippen LogP) is 1.89. The van der Waals surface area contributed by atoms with Crippen molar-refractivity contribution in [1.29, 1.82) is 0 Å². The molecule has 1 aliphatic heterocycles. The Kier molecular flexibility index (Phi) is 4.44. The number of benzene rings is 1. The van der Waals surface area contributed by atoms with Crippen LogP contribution >= 0.6 is 11.6 Å². The molecule has 2 rings (SSSR count). The second-order valence-corrected chi connectivity index (χ2v) is 4.63. The third-order valence-electron chi connectivity index (χ3n) is 2.87. The van der Waals surface area contributed by atoms with Gasteiger partial charge >= 0.3 is 0 Å². The molecule has 1 aliphatic rings. The van der Waals surface area contributed by atoms with Gasteiger partial charge < -0.3 is 14.4 Å².